The number of carboxylic acid groups (broad SMARTS) is 1. The van der Waals surface area contributed by atoms with Crippen molar-refractivity contribution in [3.8, 4) is 11.5 Å². The number of aliphatic carboxylic acids is 1. The van der Waals surface area contributed by atoms with E-state index in [-0.39, 0.29) is 18.9 Å². The number of hydrogen-bond donors (Lipinski definition) is 2. The van der Waals surface area contributed by atoms with Crippen LogP contribution in [0.4, 0.5) is 0 Å². The van der Waals surface area contributed by atoms with Gasteiger partial charge in [-0.15, -0.1) is 0 Å². The smallest absolute Gasteiger partial charge is 0.324 e. The third kappa shape index (κ3) is 5.22. The largest absolute Gasteiger partial charge is 0.480 e. The number of nitrogens with zero attached hydrogens (tertiary/aromatic N) is 1. The van der Waals surface area contributed by atoms with Crippen molar-refractivity contribution in [3.63, 3.8) is 0 Å². The zero-order valence-corrected chi connectivity index (χ0v) is 22.3. The van der Waals surface area contributed by atoms with E-state index in [2.05, 4.69) is 5.32 Å². The zero-order chi connectivity index (χ0) is 27.4. The molecule has 2 fully saturated rings. The number of para-hydroxylation sites is 1. The number of rotatable bonds is 10. The molecule has 0 saturated carbocycles. The van der Waals surface area contributed by atoms with Gasteiger partial charge in [-0.3, -0.25) is 24.6 Å². The molecule has 5 rings (SSSR count). The first kappa shape index (κ1) is 26.7. The number of amides is 2. The molecule has 3 aromatic rings. The molecule has 0 spiro atoms. The van der Waals surface area contributed by atoms with Gasteiger partial charge in [0.15, 0.2) is 0 Å². The quantitative estimate of drug-likeness (QED) is 0.348. The second-order valence-corrected chi connectivity index (χ2v) is 10.7. The fourth-order valence-electron chi connectivity index (χ4n) is 5.55. The number of carboxylic acids is 1. The molecule has 2 aliphatic heterocycles. The predicted molar refractivity (Wildman–Crippen MR) is 151 cm³/mol. The summed E-state index contributed by atoms with van der Waals surface area (Å²) in [6.07, 6.45) is 5.75. The number of carbonyl (C=O) groups is 3. The molecular formula is C31H30N2O5S. The molecule has 4 atom stereocenters. The van der Waals surface area contributed by atoms with Crippen molar-refractivity contribution in [1.82, 2.24) is 10.2 Å². The van der Waals surface area contributed by atoms with Gasteiger partial charge in [0.1, 0.15) is 17.0 Å². The number of likely N-dealkylation sites (tertiary alicyclic amines) is 1. The van der Waals surface area contributed by atoms with E-state index in [4.69, 9.17) is 4.74 Å². The molecular weight excluding hydrogens is 512 g/mol. The van der Waals surface area contributed by atoms with Crippen LogP contribution in [-0.2, 0) is 14.4 Å². The highest BCUT2D eigenvalue weighted by molar-refractivity contribution is 7.98. The van der Waals surface area contributed by atoms with E-state index in [1.807, 2.05) is 85.1 Å². The Kier molecular flexibility index (Phi) is 7.86. The average molecular weight is 543 g/mol. The molecule has 0 aliphatic carbocycles. The van der Waals surface area contributed by atoms with Crippen LogP contribution >= 0.6 is 11.8 Å². The minimum absolute atomic E-state index is 0.0916. The van der Waals surface area contributed by atoms with Crippen LogP contribution in [0.25, 0.3) is 6.08 Å². The Balaban J connectivity index is 1.44. The van der Waals surface area contributed by atoms with Crippen LogP contribution in [0.15, 0.2) is 91.0 Å². The van der Waals surface area contributed by atoms with Crippen molar-refractivity contribution in [2.45, 2.75) is 18.0 Å². The molecule has 200 valence electrons. The first-order valence-electron chi connectivity index (χ1n) is 12.8. The van der Waals surface area contributed by atoms with E-state index < -0.39 is 35.3 Å². The Hall–Kier alpha value is -3.88. The van der Waals surface area contributed by atoms with Crippen LogP contribution in [0.5, 0.6) is 11.5 Å². The fourth-order valence-corrected chi connectivity index (χ4v) is 6.08. The summed E-state index contributed by atoms with van der Waals surface area (Å²) >= 11 is 1.51. The minimum atomic E-state index is -1.54. The number of imide groups is 1. The number of ether oxygens (including phenoxy) is 1. The number of hydrogen-bond acceptors (Lipinski definition) is 6. The number of carbonyl (C=O) groups excluding carboxylic acids is 2. The summed E-state index contributed by atoms with van der Waals surface area (Å²) in [5, 5.41) is 13.7. The first-order chi connectivity index (χ1) is 18.9. The van der Waals surface area contributed by atoms with Crippen molar-refractivity contribution < 1.29 is 24.2 Å². The van der Waals surface area contributed by atoms with Crippen molar-refractivity contribution >= 4 is 35.6 Å². The molecule has 2 saturated heterocycles. The number of thioether (sulfide) groups is 1. The topological polar surface area (TPSA) is 95.9 Å². The zero-order valence-electron chi connectivity index (χ0n) is 21.5. The van der Waals surface area contributed by atoms with Crippen molar-refractivity contribution in [2.75, 3.05) is 18.6 Å². The van der Waals surface area contributed by atoms with Crippen molar-refractivity contribution in [2.24, 2.45) is 11.8 Å². The van der Waals surface area contributed by atoms with E-state index in [0.29, 0.717) is 17.3 Å². The van der Waals surface area contributed by atoms with Crippen LogP contribution in [-0.4, -0.2) is 51.9 Å². The Morgan fingerprint density at radius 2 is 1.62 bits per heavy atom. The molecule has 39 heavy (non-hydrogen) atoms. The average Bonchev–Trinajstić information content (AvgIpc) is 3.43. The van der Waals surface area contributed by atoms with Gasteiger partial charge in [0, 0.05) is 12.6 Å². The van der Waals surface area contributed by atoms with Gasteiger partial charge in [0.2, 0.25) is 11.8 Å². The highest BCUT2D eigenvalue weighted by Crippen LogP contribution is 2.50. The lowest BCUT2D eigenvalue weighted by Crippen LogP contribution is -2.56. The van der Waals surface area contributed by atoms with Crippen molar-refractivity contribution in [1.29, 1.82) is 0 Å². The number of fused-ring (bicyclic) bond motifs is 1. The highest BCUT2D eigenvalue weighted by atomic mass is 32.2. The van der Waals surface area contributed by atoms with Crippen molar-refractivity contribution in [3.05, 3.63) is 102 Å². The van der Waals surface area contributed by atoms with E-state index >= 15 is 0 Å². The fraction of sp³-hybridized carbons (Fsp3) is 0.258. The maximum atomic E-state index is 13.7. The van der Waals surface area contributed by atoms with E-state index in [1.165, 1.54) is 16.7 Å². The molecule has 0 aromatic heterocycles. The molecule has 7 nitrogen and oxygen atoms in total. The first-order valence-corrected chi connectivity index (χ1v) is 14.2. The Labute approximate surface area is 231 Å². The van der Waals surface area contributed by atoms with Crippen LogP contribution in [0.3, 0.4) is 0 Å². The monoisotopic (exact) mass is 542 g/mol. The number of benzene rings is 3. The lowest BCUT2D eigenvalue weighted by molar-refractivity contribution is -0.151. The molecule has 2 N–H and O–H groups in total. The molecule has 4 unspecified atom stereocenters. The molecule has 2 heterocycles. The molecule has 8 heteroatoms. The van der Waals surface area contributed by atoms with E-state index in [0.717, 1.165) is 11.1 Å². The second kappa shape index (κ2) is 11.5. The van der Waals surface area contributed by atoms with Gasteiger partial charge < -0.3 is 9.84 Å². The summed E-state index contributed by atoms with van der Waals surface area (Å²) in [6.45, 7) is 0.0916. The Morgan fingerprint density at radius 1 is 0.974 bits per heavy atom. The van der Waals surface area contributed by atoms with Gasteiger partial charge >= 0.3 is 5.97 Å². The summed E-state index contributed by atoms with van der Waals surface area (Å²) in [5.41, 5.74) is 0.150. The maximum absolute atomic E-state index is 13.7. The number of nitrogens with one attached hydrogen (secondary N) is 1. The summed E-state index contributed by atoms with van der Waals surface area (Å²) in [7, 11) is 0. The summed E-state index contributed by atoms with van der Waals surface area (Å²) in [5.74, 6) is -1.86. The van der Waals surface area contributed by atoms with Gasteiger partial charge in [0.05, 0.1) is 11.8 Å². The van der Waals surface area contributed by atoms with Crippen LogP contribution < -0.4 is 10.1 Å². The molecule has 3 aromatic carbocycles. The molecule has 2 amide bonds. The van der Waals surface area contributed by atoms with Gasteiger partial charge in [-0.25, -0.2) is 0 Å². The van der Waals surface area contributed by atoms with Crippen LogP contribution in [0.1, 0.15) is 23.6 Å². The Bertz CT molecular complexity index is 1360. The maximum Gasteiger partial charge on any atom is 0.324 e. The third-order valence-electron chi connectivity index (χ3n) is 7.44. The Morgan fingerprint density at radius 3 is 2.26 bits per heavy atom. The van der Waals surface area contributed by atoms with Crippen LogP contribution in [0.2, 0.25) is 0 Å². The molecule has 0 radical (unpaired) electrons. The van der Waals surface area contributed by atoms with Crippen LogP contribution in [0, 0.1) is 11.8 Å². The predicted octanol–water partition coefficient (Wildman–Crippen LogP) is 5.01. The summed E-state index contributed by atoms with van der Waals surface area (Å²) in [4.78, 5) is 41.4. The van der Waals surface area contributed by atoms with Gasteiger partial charge in [-0.05, 0) is 53.8 Å². The van der Waals surface area contributed by atoms with E-state index in [1.54, 1.807) is 18.2 Å². The molecule has 0 bridgehead atoms. The van der Waals surface area contributed by atoms with Gasteiger partial charge in [-0.1, -0.05) is 72.8 Å². The van der Waals surface area contributed by atoms with E-state index in [9.17, 15) is 19.5 Å². The highest BCUT2D eigenvalue weighted by Gasteiger charge is 2.67. The van der Waals surface area contributed by atoms with Gasteiger partial charge in [-0.2, -0.15) is 11.8 Å². The lowest BCUT2D eigenvalue weighted by atomic mass is 9.78. The standard InChI is InChI=1S/C31H30N2O5S/c1-39-20-18-31(30(36)37)26-25(28(34)33(29(26)35)19-8-11-21-9-4-2-5-10-21)27(32-31)22-14-16-24(17-15-22)38-23-12-6-3-7-13-23/h2-17,25-27,32H,18-20H2,1H3,(H,36,37). The SMILES string of the molecule is CSCCC1(C(=O)O)NC(c2ccc(Oc3ccccc3)cc2)C2C(=O)N(CC=Cc3ccccc3)C(=O)C21. The molecule has 2 aliphatic rings. The summed E-state index contributed by atoms with van der Waals surface area (Å²) < 4.78 is 5.90. The van der Waals surface area contributed by atoms with Gasteiger partial charge in [0.25, 0.3) is 0 Å². The lowest BCUT2D eigenvalue weighted by Gasteiger charge is -2.31. The third-order valence-corrected chi connectivity index (χ3v) is 8.06. The minimum Gasteiger partial charge on any atom is -0.480 e. The summed E-state index contributed by atoms with van der Waals surface area (Å²) in [6, 6.07) is 25.6. The normalized spacial score (nSPS) is 24.3. The second-order valence-electron chi connectivity index (χ2n) is 9.73.